The van der Waals surface area contributed by atoms with Crippen molar-refractivity contribution in [1.82, 2.24) is 9.78 Å². The molecule has 2 aromatic rings. The molecule has 0 spiro atoms. The third-order valence-corrected chi connectivity index (χ3v) is 3.20. The van der Waals surface area contributed by atoms with Crippen molar-refractivity contribution in [3.63, 3.8) is 0 Å². The molecule has 19 heavy (non-hydrogen) atoms. The van der Waals surface area contributed by atoms with Crippen LogP contribution in [-0.2, 0) is 13.5 Å². The largest absolute Gasteiger partial charge is 0.318 e. The summed E-state index contributed by atoms with van der Waals surface area (Å²) < 4.78 is 15.7. The Morgan fingerprint density at radius 2 is 2.21 bits per heavy atom. The quantitative estimate of drug-likeness (QED) is 0.942. The number of rotatable bonds is 3. The SMILES string of the molecule is CCc1cc(C(=O)Nc2ccc(Br)cc2F)n(C)n1. The zero-order valence-corrected chi connectivity index (χ0v) is 12.2. The van der Waals surface area contributed by atoms with Crippen LogP contribution in [0.4, 0.5) is 10.1 Å². The monoisotopic (exact) mass is 325 g/mol. The van der Waals surface area contributed by atoms with E-state index in [2.05, 4.69) is 26.3 Å². The van der Waals surface area contributed by atoms with Crippen molar-refractivity contribution in [2.75, 3.05) is 5.32 Å². The molecule has 0 fully saturated rings. The Kier molecular flexibility index (Phi) is 3.99. The number of halogens is 2. The van der Waals surface area contributed by atoms with Crippen LogP contribution in [0.15, 0.2) is 28.7 Å². The molecule has 0 saturated carbocycles. The summed E-state index contributed by atoms with van der Waals surface area (Å²) in [5, 5.41) is 6.72. The molecule has 1 aromatic heterocycles. The molecule has 0 bridgehead atoms. The number of amides is 1. The van der Waals surface area contributed by atoms with E-state index in [1.54, 1.807) is 19.2 Å². The van der Waals surface area contributed by atoms with Gasteiger partial charge in [-0.2, -0.15) is 5.10 Å². The van der Waals surface area contributed by atoms with Crippen LogP contribution < -0.4 is 5.32 Å². The number of aryl methyl sites for hydroxylation is 2. The molecule has 0 radical (unpaired) electrons. The van der Waals surface area contributed by atoms with E-state index in [0.29, 0.717) is 10.2 Å². The number of carbonyl (C=O) groups excluding carboxylic acids is 1. The van der Waals surface area contributed by atoms with Crippen molar-refractivity contribution in [3.8, 4) is 0 Å². The lowest BCUT2D eigenvalue weighted by molar-refractivity contribution is 0.101. The summed E-state index contributed by atoms with van der Waals surface area (Å²) in [5.41, 5.74) is 1.37. The molecule has 1 N–H and O–H groups in total. The van der Waals surface area contributed by atoms with Crippen LogP contribution in [0, 0.1) is 5.82 Å². The highest BCUT2D eigenvalue weighted by Crippen LogP contribution is 2.20. The van der Waals surface area contributed by atoms with Gasteiger partial charge in [0.1, 0.15) is 11.5 Å². The Hall–Kier alpha value is -1.69. The second-order valence-corrected chi connectivity index (χ2v) is 4.99. The molecule has 6 heteroatoms. The number of hydrogen-bond acceptors (Lipinski definition) is 2. The first-order valence-corrected chi connectivity index (χ1v) is 6.60. The maximum atomic E-state index is 13.6. The van der Waals surface area contributed by atoms with E-state index in [4.69, 9.17) is 0 Å². The molecule has 0 atom stereocenters. The van der Waals surface area contributed by atoms with Gasteiger partial charge in [-0.25, -0.2) is 4.39 Å². The van der Waals surface area contributed by atoms with Gasteiger partial charge in [0.05, 0.1) is 11.4 Å². The highest BCUT2D eigenvalue weighted by atomic mass is 79.9. The van der Waals surface area contributed by atoms with Crippen molar-refractivity contribution in [2.45, 2.75) is 13.3 Å². The van der Waals surface area contributed by atoms with Crippen LogP contribution in [0.3, 0.4) is 0 Å². The summed E-state index contributed by atoms with van der Waals surface area (Å²) in [5.74, 6) is -0.864. The standard InChI is InChI=1S/C13H13BrFN3O/c1-3-9-7-12(18(2)17-9)13(19)16-11-5-4-8(14)6-10(11)15/h4-7H,3H2,1-2H3,(H,16,19). The summed E-state index contributed by atoms with van der Waals surface area (Å²) in [4.78, 5) is 12.1. The summed E-state index contributed by atoms with van der Waals surface area (Å²) >= 11 is 3.16. The molecule has 0 aliphatic heterocycles. The van der Waals surface area contributed by atoms with Gasteiger partial charge in [0.15, 0.2) is 0 Å². The smallest absolute Gasteiger partial charge is 0.274 e. The van der Waals surface area contributed by atoms with Crippen LogP contribution in [0.2, 0.25) is 0 Å². The number of carbonyl (C=O) groups is 1. The van der Waals surface area contributed by atoms with Crippen molar-refractivity contribution in [1.29, 1.82) is 0 Å². The van der Waals surface area contributed by atoms with E-state index >= 15 is 0 Å². The van der Waals surface area contributed by atoms with Gasteiger partial charge in [0.2, 0.25) is 0 Å². The first-order chi connectivity index (χ1) is 9.01. The Bertz CT molecular complexity index is 624. The summed E-state index contributed by atoms with van der Waals surface area (Å²) in [6, 6.07) is 6.18. The van der Waals surface area contributed by atoms with E-state index in [0.717, 1.165) is 12.1 Å². The number of benzene rings is 1. The lowest BCUT2D eigenvalue weighted by atomic mass is 10.2. The van der Waals surface area contributed by atoms with Gasteiger partial charge >= 0.3 is 0 Å². The fourth-order valence-corrected chi connectivity index (χ4v) is 2.02. The van der Waals surface area contributed by atoms with E-state index in [-0.39, 0.29) is 11.6 Å². The molecular formula is C13H13BrFN3O. The molecule has 4 nitrogen and oxygen atoms in total. The van der Waals surface area contributed by atoms with E-state index in [9.17, 15) is 9.18 Å². The fourth-order valence-electron chi connectivity index (χ4n) is 1.69. The topological polar surface area (TPSA) is 46.9 Å². The van der Waals surface area contributed by atoms with Crippen LogP contribution in [0.1, 0.15) is 23.1 Å². The highest BCUT2D eigenvalue weighted by Gasteiger charge is 2.14. The Balaban J connectivity index is 2.23. The normalized spacial score (nSPS) is 10.5. The molecular weight excluding hydrogens is 313 g/mol. The number of nitrogens with zero attached hydrogens (tertiary/aromatic N) is 2. The number of anilines is 1. The minimum Gasteiger partial charge on any atom is -0.318 e. The second kappa shape index (κ2) is 5.52. The van der Waals surface area contributed by atoms with Crippen molar-refractivity contribution in [2.24, 2.45) is 7.05 Å². The molecule has 1 amide bonds. The maximum absolute atomic E-state index is 13.6. The van der Waals surface area contributed by atoms with Crippen LogP contribution >= 0.6 is 15.9 Å². The first-order valence-electron chi connectivity index (χ1n) is 5.80. The zero-order chi connectivity index (χ0) is 14.0. The average molecular weight is 326 g/mol. The molecule has 0 aliphatic carbocycles. The van der Waals surface area contributed by atoms with Crippen molar-refractivity contribution < 1.29 is 9.18 Å². The van der Waals surface area contributed by atoms with Crippen LogP contribution in [0.5, 0.6) is 0 Å². The van der Waals surface area contributed by atoms with Crippen molar-refractivity contribution in [3.05, 3.63) is 45.9 Å². The van der Waals surface area contributed by atoms with Gasteiger partial charge in [0.25, 0.3) is 5.91 Å². The minimum atomic E-state index is -0.486. The van der Waals surface area contributed by atoms with Gasteiger partial charge in [-0.15, -0.1) is 0 Å². The molecule has 0 unspecified atom stereocenters. The molecule has 0 saturated heterocycles. The van der Waals surface area contributed by atoms with E-state index < -0.39 is 5.82 Å². The van der Waals surface area contributed by atoms with E-state index in [1.807, 2.05) is 6.92 Å². The summed E-state index contributed by atoms with van der Waals surface area (Å²) in [6.07, 6.45) is 0.744. The zero-order valence-electron chi connectivity index (χ0n) is 10.6. The number of hydrogen-bond donors (Lipinski definition) is 1. The molecule has 1 aromatic carbocycles. The predicted molar refractivity (Wildman–Crippen MR) is 74.6 cm³/mol. The molecule has 0 aliphatic rings. The van der Waals surface area contributed by atoms with Crippen LogP contribution in [-0.4, -0.2) is 15.7 Å². The van der Waals surface area contributed by atoms with Gasteiger partial charge in [-0.1, -0.05) is 22.9 Å². The summed E-state index contributed by atoms with van der Waals surface area (Å²) in [6.45, 7) is 1.96. The lowest BCUT2D eigenvalue weighted by Gasteiger charge is -2.06. The van der Waals surface area contributed by atoms with E-state index in [1.165, 1.54) is 16.8 Å². The van der Waals surface area contributed by atoms with Gasteiger partial charge in [-0.3, -0.25) is 9.48 Å². The minimum absolute atomic E-state index is 0.146. The fraction of sp³-hybridized carbons (Fsp3) is 0.231. The second-order valence-electron chi connectivity index (χ2n) is 4.08. The summed E-state index contributed by atoms with van der Waals surface area (Å²) in [7, 11) is 1.69. The number of aromatic nitrogens is 2. The molecule has 2 rings (SSSR count). The Morgan fingerprint density at radius 3 is 2.79 bits per heavy atom. The van der Waals surface area contributed by atoms with Gasteiger partial charge in [0, 0.05) is 11.5 Å². The van der Waals surface area contributed by atoms with Gasteiger partial charge in [-0.05, 0) is 30.7 Å². The van der Waals surface area contributed by atoms with Gasteiger partial charge < -0.3 is 5.32 Å². The third kappa shape index (κ3) is 3.01. The maximum Gasteiger partial charge on any atom is 0.274 e. The first kappa shape index (κ1) is 13.7. The molecule has 100 valence electrons. The highest BCUT2D eigenvalue weighted by molar-refractivity contribution is 9.10. The lowest BCUT2D eigenvalue weighted by Crippen LogP contribution is -2.16. The Labute approximate surface area is 118 Å². The predicted octanol–water partition coefficient (Wildman–Crippen LogP) is 3.14. The van der Waals surface area contributed by atoms with Crippen LogP contribution in [0.25, 0.3) is 0 Å². The third-order valence-electron chi connectivity index (χ3n) is 2.70. The van der Waals surface area contributed by atoms with Crippen molar-refractivity contribution >= 4 is 27.5 Å². The average Bonchev–Trinajstić information content (AvgIpc) is 2.74. The number of nitrogens with one attached hydrogen (secondary N) is 1. The molecule has 1 heterocycles. The Morgan fingerprint density at radius 1 is 1.47 bits per heavy atom.